The molecule has 7 atom stereocenters. The van der Waals surface area contributed by atoms with E-state index in [2.05, 4.69) is 10.3 Å². The highest BCUT2D eigenvalue weighted by Gasteiger charge is 2.69. The Balaban J connectivity index is 1.05. The number of halogens is 3. The summed E-state index contributed by atoms with van der Waals surface area (Å²) < 4.78 is 45.1. The van der Waals surface area contributed by atoms with Crippen molar-refractivity contribution in [3.63, 3.8) is 0 Å². The number of alkyl halides is 3. The molecule has 2 N–H and O–H groups in total. The number of nitrogens with one attached hydrogen (secondary N) is 2. The molecule has 4 aliphatic rings. The number of imide groups is 1. The van der Waals surface area contributed by atoms with Crippen molar-refractivity contribution in [3.8, 4) is 5.75 Å². The van der Waals surface area contributed by atoms with Crippen molar-refractivity contribution in [2.45, 2.75) is 28.8 Å². The van der Waals surface area contributed by atoms with Gasteiger partial charge in [0.15, 0.2) is 6.61 Å². The number of benzene rings is 3. The highest BCUT2D eigenvalue weighted by Crippen LogP contribution is 2.68. The minimum atomic E-state index is -4.56. The molecule has 11 nitrogen and oxygen atoms in total. The number of amides is 3. The van der Waals surface area contributed by atoms with E-state index in [1.807, 2.05) is 6.07 Å². The van der Waals surface area contributed by atoms with Gasteiger partial charge in [0, 0.05) is 33.9 Å². The SMILES string of the molecule is O=C(COc1cccc([C@H]2c3sc(=O)[nH]c3SC3C2[C@H]2C[C@@H]3C3C(=O)N(c4ccc([N+](=O)[O-])cc4)C(=O)C32)c1)Nc1cccc(C(F)(F)F)c1. The molecule has 2 bridgehead atoms. The summed E-state index contributed by atoms with van der Waals surface area (Å²) in [7, 11) is 0. The maximum absolute atomic E-state index is 14.0. The number of aromatic amines is 1. The van der Waals surface area contributed by atoms with Gasteiger partial charge >= 0.3 is 11.0 Å². The molecule has 3 amide bonds. The summed E-state index contributed by atoms with van der Waals surface area (Å²) >= 11 is 2.62. The molecule has 2 saturated carbocycles. The summed E-state index contributed by atoms with van der Waals surface area (Å²) in [5.41, 5.74) is 0.0113. The van der Waals surface area contributed by atoms with Gasteiger partial charge in [0.25, 0.3) is 11.6 Å². The highest BCUT2D eigenvalue weighted by atomic mass is 32.2. The minimum absolute atomic E-state index is 0.0236. The van der Waals surface area contributed by atoms with E-state index in [-0.39, 0.29) is 62.7 Å². The Kier molecular flexibility index (Phi) is 7.63. The summed E-state index contributed by atoms with van der Waals surface area (Å²) in [5, 5.41) is 14.2. The lowest BCUT2D eigenvalue weighted by atomic mass is 9.68. The number of thioether (sulfide) groups is 1. The fourth-order valence-corrected chi connectivity index (χ4v) is 11.2. The summed E-state index contributed by atoms with van der Waals surface area (Å²) in [6.45, 7) is -0.474. The molecule has 3 heterocycles. The van der Waals surface area contributed by atoms with Gasteiger partial charge in [-0.05, 0) is 72.2 Å². The number of thiazole rings is 1. The van der Waals surface area contributed by atoms with E-state index < -0.39 is 41.0 Å². The van der Waals surface area contributed by atoms with Gasteiger partial charge in [-0.25, -0.2) is 0 Å². The predicted molar refractivity (Wildman–Crippen MR) is 176 cm³/mol. The fraction of sp³-hybridized carbons (Fsp3) is 0.294. The smallest absolute Gasteiger partial charge is 0.416 e. The van der Waals surface area contributed by atoms with Crippen molar-refractivity contribution < 1.29 is 37.2 Å². The van der Waals surface area contributed by atoms with Gasteiger partial charge in [0.1, 0.15) is 5.75 Å². The molecule has 0 radical (unpaired) electrons. The van der Waals surface area contributed by atoms with E-state index >= 15 is 0 Å². The van der Waals surface area contributed by atoms with Crippen LogP contribution in [0.4, 0.5) is 30.2 Å². The number of ether oxygens (including phenoxy) is 1. The Labute approximate surface area is 289 Å². The second kappa shape index (κ2) is 11.8. The van der Waals surface area contributed by atoms with Crippen molar-refractivity contribution in [3.05, 3.63) is 109 Å². The van der Waals surface area contributed by atoms with Crippen molar-refractivity contribution in [2.24, 2.45) is 29.6 Å². The third kappa shape index (κ3) is 5.28. The van der Waals surface area contributed by atoms with Gasteiger partial charge in [-0.1, -0.05) is 29.5 Å². The lowest BCUT2D eigenvalue weighted by Crippen LogP contribution is -2.42. The molecule has 4 unspecified atom stereocenters. The highest BCUT2D eigenvalue weighted by molar-refractivity contribution is 8.00. The molecule has 16 heteroatoms. The lowest BCUT2D eigenvalue weighted by molar-refractivity contribution is -0.384. The second-order valence-corrected chi connectivity index (χ2v) is 14.9. The number of fused-ring (bicyclic) bond motifs is 9. The Morgan fingerprint density at radius 3 is 2.44 bits per heavy atom. The quantitative estimate of drug-likeness (QED) is 0.133. The van der Waals surface area contributed by atoms with Gasteiger partial charge in [-0.15, -0.1) is 11.8 Å². The number of nitrogens with zero attached hydrogens (tertiary/aromatic N) is 2. The van der Waals surface area contributed by atoms with Crippen molar-refractivity contribution in [1.29, 1.82) is 0 Å². The van der Waals surface area contributed by atoms with E-state index in [1.54, 1.807) is 18.2 Å². The molecule has 2 aliphatic carbocycles. The van der Waals surface area contributed by atoms with Crippen molar-refractivity contribution in [2.75, 3.05) is 16.8 Å². The number of H-pyrrole nitrogens is 1. The summed E-state index contributed by atoms with van der Waals surface area (Å²) in [4.78, 5) is 68.4. The largest absolute Gasteiger partial charge is 0.484 e. The Bertz CT molecular complexity index is 2140. The minimum Gasteiger partial charge on any atom is -0.484 e. The molecule has 3 aromatic carbocycles. The molecular formula is C34H25F3N4O7S2. The molecule has 0 spiro atoms. The van der Waals surface area contributed by atoms with Gasteiger partial charge in [-0.3, -0.25) is 34.2 Å². The number of hydrogen-bond acceptors (Lipinski definition) is 9. The molecule has 1 aromatic heterocycles. The van der Waals surface area contributed by atoms with Crippen LogP contribution in [-0.4, -0.2) is 39.5 Å². The van der Waals surface area contributed by atoms with Crippen LogP contribution < -0.4 is 19.8 Å². The molecule has 4 aromatic rings. The molecule has 1 saturated heterocycles. The molecule has 8 rings (SSSR count). The zero-order chi connectivity index (χ0) is 35.1. The van der Waals surface area contributed by atoms with Crippen LogP contribution in [0.5, 0.6) is 5.75 Å². The predicted octanol–water partition coefficient (Wildman–Crippen LogP) is 6.06. The van der Waals surface area contributed by atoms with E-state index in [9.17, 15) is 42.5 Å². The second-order valence-electron chi connectivity index (χ2n) is 12.7. The summed E-state index contributed by atoms with van der Waals surface area (Å²) in [5.74, 6) is -2.86. The number of carbonyl (C=O) groups excluding carboxylic acids is 3. The third-order valence-corrected chi connectivity index (χ3v) is 12.7. The average Bonchev–Trinajstić information content (AvgIpc) is 3.82. The van der Waals surface area contributed by atoms with Crippen molar-refractivity contribution in [1.82, 2.24) is 4.98 Å². The first-order valence-corrected chi connectivity index (χ1v) is 17.3. The standard InChI is InChI=1S/C34H25F3N4O7S2/c35-34(36,37)16-4-2-5-17(12-16)38-23(42)14-48-20-6-1-3-15(11-20)24-25-21-13-22(28(25)49-30-29(24)50-33(45)39-30)27-26(21)31(43)40(32(27)44)18-7-9-19(10-8-18)41(46)47/h1-12,21-22,24-28H,13-14H2,(H,38,42)(H,39,45)/t21-,22-,24-,25?,26?,27?,28?/m1/s1. The molecule has 256 valence electrons. The number of rotatable bonds is 7. The molecular weight excluding hydrogens is 698 g/mol. The Morgan fingerprint density at radius 1 is 1.00 bits per heavy atom. The van der Waals surface area contributed by atoms with Crippen LogP contribution in [0.15, 0.2) is 82.6 Å². The Morgan fingerprint density at radius 2 is 1.72 bits per heavy atom. The van der Waals surface area contributed by atoms with Crippen LogP contribution in [0.3, 0.4) is 0 Å². The first-order chi connectivity index (χ1) is 23.9. The molecule has 3 fully saturated rings. The maximum atomic E-state index is 14.0. The zero-order valence-electron chi connectivity index (χ0n) is 25.6. The first-order valence-electron chi connectivity index (χ1n) is 15.6. The zero-order valence-corrected chi connectivity index (χ0v) is 27.2. The maximum Gasteiger partial charge on any atom is 0.416 e. The van der Waals surface area contributed by atoms with Crippen LogP contribution in [0.1, 0.15) is 28.3 Å². The Hall–Kier alpha value is -4.96. The number of nitro benzene ring substituents is 1. The van der Waals surface area contributed by atoms with Crippen molar-refractivity contribution >= 4 is 57.9 Å². The van der Waals surface area contributed by atoms with Gasteiger partial charge < -0.3 is 15.0 Å². The number of aromatic nitrogens is 1. The van der Waals surface area contributed by atoms with Gasteiger partial charge in [0.2, 0.25) is 11.8 Å². The fourth-order valence-electron chi connectivity index (χ4n) is 8.28. The van der Waals surface area contributed by atoms with Crippen LogP contribution in [0.2, 0.25) is 0 Å². The van der Waals surface area contributed by atoms with Crippen LogP contribution in [-0.2, 0) is 20.6 Å². The lowest BCUT2D eigenvalue weighted by Gasteiger charge is -2.43. The number of non-ortho nitro benzene ring substituents is 1. The van der Waals surface area contributed by atoms with Crippen LogP contribution in [0, 0.1) is 39.7 Å². The summed E-state index contributed by atoms with van der Waals surface area (Å²) in [6, 6.07) is 16.7. The third-order valence-electron chi connectivity index (χ3n) is 10.1. The number of anilines is 2. The number of hydrogen-bond donors (Lipinski definition) is 2. The van der Waals surface area contributed by atoms with Crippen LogP contribution in [0.25, 0.3) is 0 Å². The average molecular weight is 723 g/mol. The monoisotopic (exact) mass is 722 g/mol. The van der Waals surface area contributed by atoms with Crippen LogP contribution >= 0.6 is 23.1 Å². The first kappa shape index (κ1) is 32.3. The molecule has 2 aliphatic heterocycles. The molecule has 50 heavy (non-hydrogen) atoms. The van der Waals surface area contributed by atoms with Gasteiger partial charge in [-0.2, -0.15) is 13.2 Å². The van der Waals surface area contributed by atoms with E-state index in [1.165, 1.54) is 48.2 Å². The summed E-state index contributed by atoms with van der Waals surface area (Å²) in [6.07, 6.45) is -3.90. The van der Waals surface area contributed by atoms with E-state index in [0.717, 1.165) is 38.8 Å². The van der Waals surface area contributed by atoms with E-state index in [4.69, 9.17) is 4.74 Å². The number of nitro groups is 1. The van der Waals surface area contributed by atoms with Gasteiger partial charge in [0.05, 0.1) is 33.0 Å². The normalized spacial score (nSPS) is 26.4. The topological polar surface area (TPSA) is 152 Å². The van der Waals surface area contributed by atoms with E-state index in [0.29, 0.717) is 17.2 Å². The number of carbonyl (C=O) groups is 3.